The molecular formula is C38H23O3P. The summed E-state index contributed by atoms with van der Waals surface area (Å²) >= 11 is 0. The third-order valence-electron chi connectivity index (χ3n) is 8.47. The van der Waals surface area contributed by atoms with Crippen LogP contribution in [0.3, 0.4) is 0 Å². The molecule has 0 saturated carbocycles. The van der Waals surface area contributed by atoms with Crippen LogP contribution >= 0.6 is 7.14 Å². The summed E-state index contributed by atoms with van der Waals surface area (Å²) in [6.45, 7) is 0. The Morgan fingerprint density at radius 3 is 1.45 bits per heavy atom. The van der Waals surface area contributed by atoms with Gasteiger partial charge in [-0.2, -0.15) is 0 Å². The summed E-state index contributed by atoms with van der Waals surface area (Å²) in [4.78, 5) is 0. The molecule has 0 fully saturated rings. The third kappa shape index (κ3) is 3.20. The van der Waals surface area contributed by atoms with Crippen molar-refractivity contribution in [1.82, 2.24) is 0 Å². The molecule has 0 N–H and O–H groups in total. The first kappa shape index (κ1) is 23.6. The number of rotatable bonds is 2. The Kier molecular flexibility index (Phi) is 4.88. The van der Waals surface area contributed by atoms with Gasteiger partial charge in [-0.05, 0) is 68.1 Å². The second-order valence-electron chi connectivity index (χ2n) is 10.8. The van der Waals surface area contributed by atoms with Crippen LogP contribution in [0.1, 0.15) is 0 Å². The van der Waals surface area contributed by atoms with E-state index in [4.69, 9.17) is 9.47 Å². The molecule has 198 valence electrons. The summed E-state index contributed by atoms with van der Waals surface area (Å²) in [5.41, 5.74) is 4.24. The van der Waals surface area contributed by atoms with Gasteiger partial charge in [0.25, 0.3) is 0 Å². The lowest BCUT2D eigenvalue weighted by molar-refractivity contribution is 0.463. The van der Waals surface area contributed by atoms with Crippen LogP contribution in [0.5, 0.6) is 23.0 Å². The van der Waals surface area contributed by atoms with Gasteiger partial charge in [-0.25, -0.2) is 0 Å². The van der Waals surface area contributed by atoms with Crippen molar-refractivity contribution in [2.24, 2.45) is 0 Å². The van der Waals surface area contributed by atoms with Crippen molar-refractivity contribution in [3.05, 3.63) is 140 Å². The average Bonchev–Trinajstić information content (AvgIpc) is 3.04. The fourth-order valence-corrected chi connectivity index (χ4v) is 10.1. The first-order valence-electron chi connectivity index (χ1n) is 14.0. The number of hydrogen-bond acceptors (Lipinski definition) is 3. The van der Waals surface area contributed by atoms with Crippen molar-refractivity contribution in [1.29, 1.82) is 0 Å². The molecular weight excluding hydrogens is 535 g/mol. The van der Waals surface area contributed by atoms with Gasteiger partial charge in [0.2, 0.25) is 0 Å². The standard InChI is InChI=1S/C38H23O3P/c39-42-36-30-16-6-4-12-25(30)18-20-32(36)40-34-22-27(29-15-9-8-14-28(29)24-10-2-1-3-11-24)23-35(38(34)42)41-33-21-19-26-13-5-7-17-31(26)37(33)42/h1-23H. The second kappa shape index (κ2) is 8.69. The monoisotopic (exact) mass is 558 g/mol. The number of hydrogen-bond donors (Lipinski definition) is 0. The summed E-state index contributed by atoms with van der Waals surface area (Å²) in [5.74, 6) is 2.42. The molecule has 4 heteroatoms. The maximum atomic E-state index is 16.1. The van der Waals surface area contributed by atoms with Gasteiger partial charge < -0.3 is 14.0 Å². The van der Waals surface area contributed by atoms with Crippen LogP contribution in [0.15, 0.2) is 140 Å². The molecule has 0 saturated heterocycles. The van der Waals surface area contributed by atoms with E-state index in [1.165, 1.54) is 0 Å². The Bertz CT molecular complexity index is 2170. The molecule has 2 heterocycles. The maximum Gasteiger partial charge on any atom is 0.186 e. The largest absolute Gasteiger partial charge is 0.456 e. The zero-order valence-corrected chi connectivity index (χ0v) is 23.3. The molecule has 0 atom stereocenters. The summed E-state index contributed by atoms with van der Waals surface area (Å²) in [6, 6.07) is 47.0. The highest BCUT2D eigenvalue weighted by Gasteiger charge is 2.48. The average molecular weight is 559 g/mol. The first-order valence-corrected chi connectivity index (χ1v) is 15.7. The third-order valence-corrected chi connectivity index (χ3v) is 11.7. The van der Waals surface area contributed by atoms with E-state index in [9.17, 15) is 0 Å². The lowest BCUT2D eigenvalue weighted by Crippen LogP contribution is -2.35. The van der Waals surface area contributed by atoms with Crippen molar-refractivity contribution < 1.29 is 14.0 Å². The minimum atomic E-state index is -3.44. The predicted molar refractivity (Wildman–Crippen MR) is 172 cm³/mol. The second-order valence-corrected chi connectivity index (χ2v) is 13.4. The molecule has 0 spiro atoms. The van der Waals surface area contributed by atoms with E-state index in [1.807, 2.05) is 97.1 Å². The van der Waals surface area contributed by atoms with E-state index in [0.717, 1.165) is 54.4 Å². The molecule has 0 radical (unpaired) electrons. The van der Waals surface area contributed by atoms with Crippen LogP contribution in [-0.2, 0) is 4.57 Å². The van der Waals surface area contributed by atoms with Crippen molar-refractivity contribution >= 4 is 44.6 Å². The molecule has 3 nitrogen and oxygen atoms in total. The fourth-order valence-electron chi connectivity index (χ4n) is 6.66. The molecule has 0 aliphatic carbocycles. The highest BCUT2D eigenvalue weighted by Crippen LogP contribution is 2.61. The molecule has 0 aromatic heterocycles. The number of fused-ring (bicyclic) bond motifs is 8. The molecule has 2 aliphatic heterocycles. The Morgan fingerprint density at radius 2 is 0.881 bits per heavy atom. The molecule has 0 bridgehead atoms. The van der Waals surface area contributed by atoms with Gasteiger partial charge in [-0.15, -0.1) is 0 Å². The predicted octanol–water partition coefficient (Wildman–Crippen LogP) is 9.18. The highest BCUT2D eigenvalue weighted by atomic mass is 31.2. The van der Waals surface area contributed by atoms with Crippen LogP contribution in [0, 0.1) is 0 Å². The van der Waals surface area contributed by atoms with Crippen LogP contribution in [0.25, 0.3) is 43.8 Å². The molecule has 0 amide bonds. The fraction of sp³-hybridized carbons (Fsp3) is 0. The molecule has 2 aliphatic rings. The van der Waals surface area contributed by atoms with Crippen molar-refractivity contribution in [2.45, 2.75) is 0 Å². The van der Waals surface area contributed by atoms with Crippen molar-refractivity contribution in [2.75, 3.05) is 0 Å². The van der Waals surface area contributed by atoms with Gasteiger partial charge in [-0.1, -0.05) is 115 Å². The van der Waals surface area contributed by atoms with E-state index in [1.54, 1.807) is 0 Å². The lowest BCUT2D eigenvalue weighted by atomic mass is 9.94. The number of benzene rings is 7. The van der Waals surface area contributed by atoms with Gasteiger partial charge in [0, 0.05) is 0 Å². The van der Waals surface area contributed by atoms with Gasteiger partial charge >= 0.3 is 0 Å². The summed E-state index contributed by atoms with van der Waals surface area (Å²) < 4.78 is 29.5. The molecule has 7 aromatic rings. The quantitative estimate of drug-likeness (QED) is 0.199. The molecule has 7 aromatic carbocycles. The zero-order chi connectivity index (χ0) is 27.8. The molecule has 9 rings (SSSR count). The Labute approximate surface area is 243 Å². The van der Waals surface area contributed by atoms with Gasteiger partial charge in [-0.3, -0.25) is 0 Å². The summed E-state index contributed by atoms with van der Waals surface area (Å²) in [5, 5.41) is 6.06. The summed E-state index contributed by atoms with van der Waals surface area (Å²) in [7, 11) is -3.44. The minimum Gasteiger partial charge on any atom is -0.456 e. The first-order chi connectivity index (χ1) is 20.7. The lowest BCUT2D eigenvalue weighted by Gasteiger charge is -2.36. The normalized spacial score (nSPS) is 13.9. The van der Waals surface area contributed by atoms with Gasteiger partial charge in [0.15, 0.2) is 7.14 Å². The molecule has 42 heavy (non-hydrogen) atoms. The van der Waals surface area contributed by atoms with E-state index < -0.39 is 7.14 Å². The van der Waals surface area contributed by atoms with E-state index >= 15 is 4.57 Å². The van der Waals surface area contributed by atoms with Crippen molar-refractivity contribution in [3.63, 3.8) is 0 Å². The van der Waals surface area contributed by atoms with Gasteiger partial charge in [0.1, 0.15) is 28.3 Å². The Hall–Kier alpha value is -5.11. The smallest absolute Gasteiger partial charge is 0.186 e. The minimum absolute atomic E-state index is 0.579. The van der Waals surface area contributed by atoms with E-state index in [-0.39, 0.29) is 0 Å². The van der Waals surface area contributed by atoms with E-state index in [0.29, 0.717) is 28.3 Å². The van der Waals surface area contributed by atoms with Crippen LogP contribution in [0.2, 0.25) is 0 Å². The zero-order valence-electron chi connectivity index (χ0n) is 22.5. The van der Waals surface area contributed by atoms with Crippen molar-refractivity contribution in [3.8, 4) is 45.3 Å². The SMILES string of the molecule is O=P12c3c(cc(-c4ccccc4-c4ccccc4)cc3Oc3ccc4ccccc4c31)Oc1ccc3ccccc3c12. The summed E-state index contributed by atoms with van der Waals surface area (Å²) in [6.07, 6.45) is 0. The Morgan fingerprint density at radius 1 is 0.405 bits per heavy atom. The van der Waals surface area contributed by atoms with E-state index in [2.05, 4.69) is 42.5 Å². The highest BCUT2D eigenvalue weighted by molar-refractivity contribution is 7.87. The number of ether oxygens (including phenoxy) is 2. The topological polar surface area (TPSA) is 35.5 Å². The Balaban J connectivity index is 1.38. The molecule has 0 unspecified atom stereocenters. The van der Waals surface area contributed by atoms with Crippen LogP contribution in [0.4, 0.5) is 0 Å². The van der Waals surface area contributed by atoms with Gasteiger partial charge in [0.05, 0.1) is 10.6 Å². The van der Waals surface area contributed by atoms with Crippen LogP contribution < -0.4 is 25.4 Å². The van der Waals surface area contributed by atoms with Crippen LogP contribution in [-0.4, -0.2) is 0 Å². The maximum absolute atomic E-state index is 16.1.